The van der Waals surface area contributed by atoms with Gasteiger partial charge in [-0.1, -0.05) is 25.3 Å². The Balaban J connectivity index is 0.000000143. The fourth-order valence-corrected chi connectivity index (χ4v) is 23.9. The molecule has 18 rings (SSSR count). The smallest absolute Gasteiger partial charge is 0.339 e. The molecule has 1 aromatic heterocycles. The number of thiophene rings is 1. The molecular weight excluding hydrogens is 1690 g/mol. The summed E-state index contributed by atoms with van der Waals surface area (Å²) in [6.45, 7) is 17.5. The summed E-state index contributed by atoms with van der Waals surface area (Å²) >= 11 is 1.51. The van der Waals surface area contributed by atoms with Crippen LogP contribution in [0, 0.1) is 0 Å². The number of nitrogens with zero attached hydrogens (tertiary/aromatic N) is 4. The van der Waals surface area contributed by atoms with Gasteiger partial charge in [0.2, 0.25) is 38.1 Å². The molecule has 3 aromatic carbocycles. The number of methoxy groups -OCH3 is 3. The quantitative estimate of drug-likeness (QED) is 0.0178. The van der Waals surface area contributed by atoms with E-state index in [0.29, 0.717) is 98.4 Å². The molecule has 4 aliphatic carbocycles. The topological polar surface area (TPSA) is 372 Å². The monoisotopic (exact) mass is 1820 g/mol. The number of ether oxygens (including phenoxy) is 12. The molecule has 3 amide bonds. The third-order valence-electron chi connectivity index (χ3n) is 29.7. The maximum Gasteiger partial charge on any atom is 0.339 e. The largest absolute Gasteiger partial charge is 0.497 e. The van der Waals surface area contributed by atoms with Crippen molar-refractivity contribution < 1.29 is 116 Å². The zero-order chi connectivity index (χ0) is 91.9. The lowest BCUT2D eigenvalue weighted by molar-refractivity contribution is -0.177. The number of rotatable bonds is 30. The average Bonchev–Trinajstić information content (AvgIpc) is 1.56. The first-order chi connectivity index (χ1) is 62.0. The number of benzene rings is 3. The van der Waals surface area contributed by atoms with E-state index in [2.05, 4.69) is 43.6 Å². The van der Waals surface area contributed by atoms with Crippen molar-refractivity contribution in [3.8, 4) is 34.5 Å². The van der Waals surface area contributed by atoms with Gasteiger partial charge in [0, 0.05) is 43.6 Å². The van der Waals surface area contributed by atoms with Gasteiger partial charge in [-0.25, -0.2) is 14.4 Å². The Hall–Kier alpha value is -8.76. The second-order valence-electron chi connectivity index (χ2n) is 40.3. The number of nitrogens with one attached hydrogen (secondary N) is 2. The van der Waals surface area contributed by atoms with E-state index in [4.69, 9.17) is 56.8 Å². The molecule has 130 heavy (non-hydrogen) atoms. The number of hydrogen-bond donors (Lipinski definition) is 8. The molecule has 0 unspecified atom stereocenters. The van der Waals surface area contributed by atoms with Crippen LogP contribution < -0.4 is 39.1 Å². The first-order valence-corrected chi connectivity index (χ1v) is 48.1. The fourth-order valence-electron chi connectivity index (χ4n) is 23.2. The van der Waals surface area contributed by atoms with Gasteiger partial charge in [0.15, 0.2) is 69.6 Å². The molecule has 4 saturated heterocycles. The molecule has 8 N–H and O–H groups in total. The Morgan fingerprint density at radius 2 is 0.792 bits per heavy atom. The number of hydrogen-bond acceptors (Lipinski definition) is 28. The van der Waals surface area contributed by atoms with Gasteiger partial charge in [0.1, 0.15) is 17.3 Å². The van der Waals surface area contributed by atoms with E-state index in [0.717, 1.165) is 192 Å². The Bertz CT molecular complexity index is 4910. The highest BCUT2D eigenvalue weighted by molar-refractivity contribution is 7.09. The highest BCUT2D eigenvalue weighted by Crippen LogP contribution is 2.60. The molecule has 11 heterocycles. The van der Waals surface area contributed by atoms with E-state index in [-0.39, 0.29) is 81.7 Å². The summed E-state index contributed by atoms with van der Waals surface area (Å²) in [6.07, 6.45) is 19.7. The van der Waals surface area contributed by atoms with Gasteiger partial charge in [-0.05, 0) is 302 Å². The summed E-state index contributed by atoms with van der Waals surface area (Å²) in [6, 6.07) is 16.0. The van der Waals surface area contributed by atoms with Crippen molar-refractivity contribution >= 4 is 47.0 Å². The number of likely N-dealkylation sites (tertiary alicyclic amines) is 1. The van der Waals surface area contributed by atoms with Crippen LogP contribution in [0.3, 0.4) is 0 Å². The Labute approximate surface area is 765 Å². The molecule has 12 atom stereocenters. The third-order valence-corrected chi connectivity index (χ3v) is 30.6. The van der Waals surface area contributed by atoms with E-state index in [1.165, 1.54) is 11.3 Å². The van der Waals surface area contributed by atoms with Crippen LogP contribution >= 0.6 is 11.3 Å². The first kappa shape index (κ1) is 94.4. The SMILES string of the molecule is COC1=C[C@]23CCCN2CCc2cc4c(cc2[C@@H]3[C@@H]1OC(=O)[C@@](O)(CCCC(C)(C)O)CC(=O)N1CCCC1)OCO4.COC1=C[C@]23CCCN2CCc2cc4c(cc2[C@@H]3[C@@H]1OC(=O)[C@@](O)(CCCC(C)(C)O)CC(=O)NC1CCCCC1)OCO4.COC1=C[C@]23CCCN2CCc2cc4c(cc2[C@@H]3[C@@H]1OC(=O)[C@@](O)(CCCC(C)(C)O)CC(=O)NCc1cccs1)OCO4. The number of carbonyl (C=O) groups excluding carboxylic acids is 6. The van der Waals surface area contributed by atoms with Gasteiger partial charge in [-0.3, -0.25) is 29.1 Å². The Morgan fingerprint density at radius 3 is 1.14 bits per heavy atom. The minimum absolute atomic E-state index is 0.00532. The van der Waals surface area contributed by atoms with Crippen LogP contribution in [0.25, 0.3) is 0 Å². The van der Waals surface area contributed by atoms with Gasteiger partial charge < -0.3 is 103 Å². The van der Waals surface area contributed by atoms with Crippen LogP contribution in [0.15, 0.2) is 89.4 Å². The molecule has 710 valence electrons. The normalized spacial score (nSPS) is 27.0. The van der Waals surface area contributed by atoms with Gasteiger partial charge in [0.05, 0.1) is 98.3 Å². The van der Waals surface area contributed by atoms with Crippen molar-refractivity contribution in [1.82, 2.24) is 30.2 Å². The standard InChI is InChI=1S/C34H48N2O8.C33H42N2O8S.C32H44N2O8/c1-32(2,39)12-7-14-34(40,20-28(37)35-23-9-5-4-6-10-23)31(38)44-30-27(41-3)19-33-13-8-15-36(33)16-11-22-17-25-26(43-21-42-25)18-24(22)29(30)33;1-31(2,38)9-5-11-33(39,18-27(36)34-19-22-7-4-14-44-22)30(37)43-29-26(40-3)17-32-10-6-12-35(32)13-8-21-15-24-25(42-20-41-24)16-23(21)28(29)32;1-30(2,37)9-6-11-32(38,19-26(35)33-12-4-5-13-33)29(36)42-28-25(39-3)18-31-10-7-14-34(31)15-8-21-16-23-24(41-20-40-23)17-22(21)27(28)31/h17-19,23,29-30,39-40H,4-16,20-21H2,1-3H3,(H,35,37);4,7,14-17,28-29,38-39H,5-6,8-13,18-20H2,1-3H3,(H,34,36);16-18,27-28,37-38H,4-15,19-20H2,1-3H3/t29-,30-,33+,34-;28-,29-,32+,33-;27-,28-,31+,32-/m111/s1. The van der Waals surface area contributed by atoms with Gasteiger partial charge in [0.25, 0.3) is 0 Å². The maximum absolute atomic E-state index is 14.2. The lowest BCUT2D eigenvalue weighted by atomic mass is 9.77. The lowest BCUT2D eigenvalue weighted by Gasteiger charge is -2.39. The van der Waals surface area contributed by atoms with Crippen LogP contribution in [0.1, 0.15) is 258 Å². The molecule has 0 radical (unpaired) electrons. The number of esters is 3. The van der Waals surface area contributed by atoms with Crippen molar-refractivity contribution in [3.05, 3.63) is 128 Å². The third kappa shape index (κ3) is 19.8. The van der Waals surface area contributed by atoms with Crippen LogP contribution in [-0.2, 0) is 83.0 Å². The summed E-state index contributed by atoms with van der Waals surface area (Å²) in [5, 5.41) is 74.4. The van der Waals surface area contributed by atoms with Crippen LogP contribution in [0.4, 0.5) is 0 Å². The van der Waals surface area contributed by atoms with Crippen LogP contribution in [0.2, 0.25) is 0 Å². The molecule has 4 aromatic rings. The van der Waals surface area contributed by atoms with Crippen molar-refractivity contribution in [2.45, 2.75) is 320 Å². The van der Waals surface area contributed by atoms with Crippen LogP contribution in [0.5, 0.6) is 34.5 Å². The van der Waals surface area contributed by atoms with E-state index >= 15 is 0 Å². The summed E-state index contributed by atoms with van der Waals surface area (Å²) in [7, 11) is 4.74. The van der Waals surface area contributed by atoms with Crippen molar-refractivity contribution in [1.29, 1.82) is 0 Å². The summed E-state index contributed by atoms with van der Waals surface area (Å²) in [4.78, 5) is 91.9. The molecule has 14 aliphatic rings. The predicted octanol–water partition coefficient (Wildman–Crippen LogP) is 10.7. The minimum Gasteiger partial charge on any atom is -0.497 e. The lowest BCUT2D eigenvalue weighted by Crippen LogP contribution is -2.50. The predicted molar refractivity (Wildman–Crippen MR) is 479 cm³/mol. The molecule has 10 aliphatic heterocycles. The molecule has 1 saturated carbocycles. The molecule has 3 spiro atoms. The Morgan fingerprint density at radius 1 is 0.438 bits per heavy atom. The molecule has 31 heteroatoms. The van der Waals surface area contributed by atoms with Gasteiger partial charge in [-0.15, -0.1) is 11.3 Å². The number of carbonyl (C=O) groups is 6. The Kier molecular flexibility index (Phi) is 27.8. The van der Waals surface area contributed by atoms with Gasteiger partial charge >= 0.3 is 17.9 Å². The highest BCUT2D eigenvalue weighted by atomic mass is 32.1. The molecular formula is C99H134N6O24S. The number of fused-ring (bicyclic) bond motifs is 9. The van der Waals surface area contributed by atoms with E-state index < -0.39 is 105 Å². The minimum atomic E-state index is -2.10. The first-order valence-electron chi connectivity index (χ1n) is 47.2. The average molecular weight is 1820 g/mol. The van der Waals surface area contributed by atoms with E-state index in [1.54, 1.807) is 67.8 Å². The van der Waals surface area contributed by atoms with Crippen molar-refractivity contribution in [2.75, 3.05) is 94.1 Å². The second kappa shape index (κ2) is 38.3. The zero-order valence-electron chi connectivity index (χ0n) is 77.0. The van der Waals surface area contributed by atoms with Crippen LogP contribution in [-0.4, -0.2) is 255 Å². The summed E-state index contributed by atoms with van der Waals surface area (Å²) in [5.74, 6) is 1.30. The van der Waals surface area contributed by atoms with Crippen molar-refractivity contribution in [3.63, 3.8) is 0 Å². The van der Waals surface area contributed by atoms with E-state index in [1.807, 2.05) is 53.9 Å². The maximum atomic E-state index is 14.2. The molecule has 5 fully saturated rings. The molecule has 0 bridgehead atoms. The van der Waals surface area contributed by atoms with Gasteiger partial charge in [-0.2, -0.15) is 0 Å². The number of amides is 3. The van der Waals surface area contributed by atoms with Crippen molar-refractivity contribution in [2.24, 2.45) is 0 Å². The number of aliphatic hydroxyl groups is 6. The molecule has 30 nitrogen and oxygen atoms in total. The fraction of sp³-hybridized carbons (Fsp3) is 0.657. The second-order valence-corrected chi connectivity index (χ2v) is 41.4. The summed E-state index contributed by atoms with van der Waals surface area (Å²) < 4.78 is 70.9. The zero-order valence-corrected chi connectivity index (χ0v) is 77.8. The summed E-state index contributed by atoms with van der Waals surface area (Å²) in [5.41, 5.74) is -3.93. The highest BCUT2D eigenvalue weighted by Gasteiger charge is 2.63. The van der Waals surface area contributed by atoms with E-state index in [9.17, 15) is 59.4 Å².